The molecule has 1 unspecified atom stereocenters. The first-order chi connectivity index (χ1) is 17.6. The molecule has 36 heavy (non-hydrogen) atoms. The number of ether oxygens (including phenoxy) is 3. The second-order valence-electron chi connectivity index (χ2n) is 9.05. The number of likely N-dealkylation sites (tertiary alicyclic amines) is 1. The van der Waals surface area contributed by atoms with Gasteiger partial charge in [-0.25, -0.2) is 4.79 Å². The SMILES string of the molecule is COc1ccc(CNC(=O)C2CCCN2C(=O)OCC2c3ccccc3-c3ccccc32)c(OC)c1. The Hall–Kier alpha value is -4.00. The molecule has 1 aliphatic heterocycles. The number of hydrogen-bond acceptors (Lipinski definition) is 5. The van der Waals surface area contributed by atoms with E-state index >= 15 is 0 Å². The second-order valence-corrected chi connectivity index (χ2v) is 9.05. The summed E-state index contributed by atoms with van der Waals surface area (Å²) in [5.41, 5.74) is 5.52. The third kappa shape index (κ3) is 4.49. The van der Waals surface area contributed by atoms with E-state index in [1.165, 1.54) is 11.1 Å². The van der Waals surface area contributed by atoms with Crippen molar-refractivity contribution >= 4 is 12.0 Å². The van der Waals surface area contributed by atoms with E-state index in [0.29, 0.717) is 31.0 Å². The van der Waals surface area contributed by atoms with Crippen molar-refractivity contribution in [1.29, 1.82) is 0 Å². The Balaban J connectivity index is 1.22. The normalized spacial score (nSPS) is 16.3. The number of carbonyl (C=O) groups is 2. The Morgan fingerprint density at radius 3 is 2.31 bits per heavy atom. The van der Waals surface area contributed by atoms with Gasteiger partial charge in [-0.2, -0.15) is 0 Å². The minimum absolute atomic E-state index is 0.0150. The number of nitrogens with zero attached hydrogens (tertiary/aromatic N) is 1. The second kappa shape index (κ2) is 10.3. The molecule has 0 saturated carbocycles. The first-order valence-corrected chi connectivity index (χ1v) is 12.2. The van der Waals surface area contributed by atoms with E-state index in [-0.39, 0.29) is 18.4 Å². The number of benzene rings is 3. The number of carbonyl (C=O) groups excluding carboxylic acids is 2. The first-order valence-electron chi connectivity index (χ1n) is 12.2. The highest BCUT2D eigenvalue weighted by Crippen LogP contribution is 2.44. The molecule has 2 amide bonds. The Bertz CT molecular complexity index is 1230. The fraction of sp³-hybridized carbons (Fsp3) is 0.310. The van der Waals surface area contributed by atoms with Crippen molar-refractivity contribution in [3.05, 3.63) is 83.4 Å². The van der Waals surface area contributed by atoms with Crippen LogP contribution in [0.5, 0.6) is 11.5 Å². The van der Waals surface area contributed by atoms with Crippen LogP contribution in [0.15, 0.2) is 66.7 Å². The van der Waals surface area contributed by atoms with E-state index in [1.54, 1.807) is 25.2 Å². The first kappa shape index (κ1) is 23.7. The molecule has 1 atom stereocenters. The van der Waals surface area contributed by atoms with Crippen molar-refractivity contribution in [3.8, 4) is 22.6 Å². The van der Waals surface area contributed by atoms with E-state index in [4.69, 9.17) is 14.2 Å². The lowest BCUT2D eigenvalue weighted by Gasteiger charge is -2.24. The molecule has 0 aromatic heterocycles. The van der Waals surface area contributed by atoms with Crippen molar-refractivity contribution in [2.24, 2.45) is 0 Å². The molecule has 7 heteroatoms. The van der Waals surface area contributed by atoms with Crippen LogP contribution in [0.4, 0.5) is 4.79 Å². The van der Waals surface area contributed by atoms with Crippen LogP contribution >= 0.6 is 0 Å². The molecule has 0 bridgehead atoms. The van der Waals surface area contributed by atoms with Crippen LogP contribution in [0.1, 0.15) is 35.4 Å². The maximum atomic E-state index is 13.1. The molecule has 0 spiro atoms. The maximum Gasteiger partial charge on any atom is 0.410 e. The quantitative estimate of drug-likeness (QED) is 0.522. The molecule has 2 aliphatic rings. The molecular formula is C29H30N2O5. The number of nitrogens with one attached hydrogen (secondary N) is 1. The molecule has 1 N–H and O–H groups in total. The van der Waals surface area contributed by atoms with Gasteiger partial charge < -0.3 is 19.5 Å². The lowest BCUT2D eigenvalue weighted by Crippen LogP contribution is -2.46. The maximum absolute atomic E-state index is 13.1. The number of amides is 2. The zero-order chi connectivity index (χ0) is 25.1. The monoisotopic (exact) mass is 486 g/mol. The molecule has 5 rings (SSSR count). The average Bonchev–Trinajstić information content (AvgIpc) is 3.54. The van der Waals surface area contributed by atoms with Crippen LogP contribution in [-0.4, -0.2) is 50.3 Å². The van der Waals surface area contributed by atoms with Crippen molar-refractivity contribution in [2.75, 3.05) is 27.4 Å². The van der Waals surface area contributed by atoms with E-state index in [2.05, 4.69) is 29.6 Å². The Kier molecular flexibility index (Phi) is 6.80. The number of fused-ring (bicyclic) bond motifs is 3. The van der Waals surface area contributed by atoms with Gasteiger partial charge in [-0.15, -0.1) is 0 Å². The van der Waals surface area contributed by atoms with Crippen LogP contribution < -0.4 is 14.8 Å². The molecule has 186 valence electrons. The summed E-state index contributed by atoms with van der Waals surface area (Å²) in [4.78, 5) is 27.6. The van der Waals surface area contributed by atoms with E-state index in [9.17, 15) is 9.59 Å². The zero-order valence-corrected chi connectivity index (χ0v) is 20.5. The summed E-state index contributed by atoms with van der Waals surface area (Å²) in [6, 6.07) is 21.4. The Morgan fingerprint density at radius 1 is 0.944 bits per heavy atom. The van der Waals surface area contributed by atoms with E-state index < -0.39 is 12.1 Å². The average molecular weight is 487 g/mol. The highest BCUT2D eigenvalue weighted by molar-refractivity contribution is 5.86. The van der Waals surface area contributed by atoms with Crippen molar-refractivity contribution in [2.45, 2.75) is 31.3 Å². The number of methoxy groups -OCH3 is 2. The standard InChI is InChI=1S/C29H30N2O5/c1-34-20-14-13-19(27(16-20)35-2)17-30-28(32)26-12-7-15-31(26)29(33)36-18-25-23-10-5-3-8-21(23)22-9-4-6-11-24(22)25/h3-6,8-11,13-14,16,25-26H,7,12,15,17-18H2,1-2H3,(H,30,32). The van der Waals surface area contributed by atoms with Crippen molar-refractivity contribution < 1.29 is 23.8 Å². The molecule has 1 saturated heterocycles. The number of hydrogen-bond donors (Lipinski definition) is 1. The van der Waals surface area contributed by atoms with E-state index in [1.807, 2.05) is 36.4 Å². The van der Waals surface area contributed by atoms with Gasteiger partial charge in [0.2, 0.25) is 5.91 Å². The van der Waals surface area contributed by atoms with Gasteiger partial charge in [0.1, 0.15) is 24.1 Å². The minimum Gasteiger partial charge on any atom is -0.497 e. The zero-order valence-electron chi connectivity index (χ0n) is 20.5. The predicted octanol–water partition coefficient (Wildman–Crippen LogP) is 4.73. The van der Waals surface area contributed by atoms with Crippen LogP contribution in [0.2, 0.25) is 0 Å². The van der Waals surface area contributed by atoms with Gasteiger partial charge in [-0.05, 0) is 47.2 Å². The topological polar surface area (TPSA) is 77.1 Å². The van der Waals surface area contributed by atoms with Gasteiger partial charge in [-0.1, -0.05) is 48.5 Å². The fourth-order valence-corrected chi connectivity index (χ4v) is 5.23. The predicted molar refractivity (Wildman–Crippen MR) is 136 cm³/mol. The van der Waals surface area contributed by atoms with Crippen LogP contribution in [0.25, 0.3) is 11.1 Å². The minimum atomic E-state index is -0.551. The number of rotatable bonds is 7. The summed E-state index contributed by atoms with van der Waals surface area (Å²) < 4.78 is 16.5. The van der Waals surface area contributed by atoms with Gasteiger partial charge in [-0.3, -0.25) is 9.69 Å². The van der Waals surface area contributed by atoms with Crippen molar-refractivity contribution in [3.63, 3.8) is 0 Å². The molecule has 3 aromatic carbocycles. The molecular weight excluding hydrogens is 456 g/mol. The van der Waals surface area contributed by atoms with Crippen molar-refractivity contribution in [1.82, 2.24) is 10.2 Å². The summed E-state index contributed by atoms with van der Waals surface area (Å²) in [5.74, 6) is 1.10. The summed E-state index contributed by atoms with van der Waals surface area (Å²) in [6.45, 7) is 1.03. The van der Waals surface area contributed by atoms with Crippen LogP contribution in [-0.2, 0) is 16.1 Å². The third-order valence-electron chi connectivity index (χ3n) is 7.07. The highest BCUT2D eigenvalue weighted by Gasteiger charge is 2.36. The Labute approximate surface area is 211 Å². The van der Waals surface area contributed by atoms with Gasteiger partial charge in [0.25, 0.3) is 0 Å². The molecule has 1 fully saturated rings. The molecule has 1 heterocycles. The van der Waals surface area contributed by atoms with Gasteiger partial charge in [0, 0.05) is 30.6 Å². The molecule has 0 radical (unpaired) electrons. The van der Waals surface area contributed by atoms with E-state index in [0.717, 1.165) is 23.1 Å². The van der Waals surface area contributed by atoms with Gasteiger partial charge in [0.15, 0.2) is 0 Å². The lowest BCUT2D eigenvalue weighted by molar-refractivity contribution is -0.125. The molecule has 3 aromatic rings. The molecule has 7 nitrogen and oxygen atoms in total. The fourth-order valence-electron chi connectivity index (χ4n) is 5.23. The van der Waals surface area contributed by atoms with Gasteiger partial charge >= 0.3 is 6.09 Å². The lowest BCUT2D eigenvalue weighted by atomic mass is 9.98. The van der Waals surface area contributed by atoms with Crippen LogP contribution in [0, 0.1) is 0 Å². The summed E-state index contributed by atoms with van der Waals surface area (Å²) >= 11 is 0. The third-order valence-corrected chi connectivity index (χ3v) is 7.07. The van der Waals surface area contributed by atoms with Crippen LogP contribution in [0.3, 0.4) is 0 Å². The van der Waals surface area contributed by atoms with Gasteiger partial charge in [0.05, 0.1) is 14.2 Å². The molecule has 1 aliphatic carbocycles. The highest BCUT2D eigenvalue weighted by atomic mass is 16.6. The Morgan fingerprint density at radius 2 is 1.64 bits per heavy atom. The largest absolute Gasteiger partial charge is 0.497 e. The summed E-state index contributed by atoms with van der Waals surface area (Å²) in [5, 5.41) is 2.95. The summed E-state index contributed by atoms with van der Waals surface area (Å²) in [7, 11) is 3.17. The smallest absolute Gasteiger partial charge is 0.410 e. The summed E-state index contributed by atoms with van der Waals surface area (Å²) in [6.07, 6.45) is 0.917.